The molecule has 0 fully saturated rings. The maximum absolute atomic E-state index is 12.8. The van der Waals surface area contributed by atoms with Crippen LogP contribution in [0.15, 0.2) is 24.4 Å². The quantitative estimate of drug-likeness (QED) is 0.883. The molecular weight excluding hydrogens is 310 g/mol. The molecule has 0 bridgehead atoms. The Bertz CT molecular complexity index is 740. The number of nitrogens with one attached hydrogen (secondary N) is 1. The lowest BCUT2D eigenvalue weighted by atomic mass is 9.68. The van der Waals surface area contributed by atoms with Crippen LogP contribution in [0.4, 0.5) is 8.78 Å². The molecular formula is C19H24F2N2O. The lowest BCUT2D eigenvalue weighted by molar-refractivity contribution is -0.0490. The van der Waals surface area contributed by atoms with Crippen LogP contribution in [-0.4, -0.2) is 18.6 Å². The molecule has 2 unspecified atom stereocenters. The van der Waals surface area contributed by atoms with Gasteiger partial charge in [0.05, 0.1) is 0 Å². The fraction of sp³-hybridized carbons (Fsp3) is 0.526. The molecule has 3 nitrogen and oxygen atoms in total. The monoisotopic (exact) mass is 334 g/mol. The Morgan fingerprint density at radius 2 is 2.08 bits per heavy atom. The number of pyridine rings is 1. The summed E-state index contributed by atoms with van der Waals surface area (Å²) in [6, 6.07) is 5.68. The van der Waals surface area contributed by atoms with E-state index in [1.54, 1.807) is 12.3 Å². The summed E-state index contributed by atoms with van der Waals surface area (Å²) in [6.45, 7) is 3.91. The summed E-state index contributed by atoms with van der Waals surface area (Å²) in [5, 5.41) is 4.26. The van der Waals surface area contributed by atoms with Gasteiger partial charge in [0.1, 0.15) is 5.52 Å². The van der Waals surface area contributed by atoms with Crippen LogP contribution >= 0.6 is 0 Å². The van der Waals surface area contributed by atoms with E-state index in [1.807, 2.05) is 19.2 Å². The van der Waals surface area contributed by atoms with E-state index in [0.717, 1.165) is 23.8 Å². The number of hydrogen-bond acceptors (Lipinski definition) is 3. The van der Waals surface area contributed by atoms with E-state index in [0.29, 0.717) is 11.4 Å². The molecule has 1 aliphatic rings. The van der Waals surface area contributed by atoms with Crippen molar-refractivity contribution in [2.24, 2.45) is 11.3 Å². The van der Waals surface area contributed by atoms with E-state index in [2.05, 4.69) is 31.1 Å². The van der Waals surface area contributed by atoms with Crippen LogP contribution in [0.1, 0.15) is 44.4 Å². The third kappa shape index (κ3) is 3.09. The molecule has 0 amide bonds. The molecule has 0 saturated heterocycles. The van der Waals surface area contributed by atoms with Gasteiger partial charge in [0.25, 0.3) is 0 Å². The fourth-order valence-electron chi connectivity index (χ4n) is 3.70. The largest absolute Gasteiger partial charge is 0.432 e. The summed E-state index contributed by atoms with van der Waals surface area (Å²) >= 11 is 0. The first-order valence-electron chi connectivity index (χ1n) is 8.34. The van der Waals surface area contributed by atoms with Crippen molar-refractivity contribution in [1.82, 2.24) is 10.3 Å². The second-order valence-corrected chi connectivity index (χ2v) is 7.56. The van der Waals surface area contributed by atoms with Crippen molar-refractivity contribution in [3.8, 4) is 5.75 Å². The lowest BCUT2D eigenvalue weighted by Crippen LogP contribution is -2.33. The third-order valence-corrected chi connectivity index (χ3v) is 5.14. The first-order valence-corrected chi connectivity index (χ1v) is 8.34. The van der Waals surface area contributed by atoms with Gasteiger partial charge in [0.2, 0.25) is 0 Å². The van der Waals surface area contributed by atoms with E-state index in [-0.39, 0.29) is 17.2 Å². The van der Waals surface area contributed by atoms with Gasteiger partial charge in [-0.25, -0.2) is 0 Å². The molecule has 2 atom stereocenters. The molecule has 3 rings (SSSR count). The highest BCUT2D eigenvalue weighted by Gasteiger charge is 2.35. The van der Waals surface area contributed by atoms with Crippen LogP contribution in [0.5, 0.6) is 5.75 Å². The third-order valence-electron chi connectivity index (χ3n) is 5.14. The van der Waals surface area contributed by atoms with E-state index >= 15 is 0 Å². The average molecular weight is 334 g/mol. The van der Waals surface area contributed by atoms with Crippen molar-refractivity contribution < 1.29 is 13.5 Å². The summed E-state index contributed by atoms with van der Waals surface area (Å²) < 4.78 is 30.4. The number of ether oxygens (including phenoxy) is 1. The van der Waals surface area contributed by atoms with Gasteiger partial charge >= 0.3 is 6.61 Å². The minimum Gasteiger partial charge on any atom is -0.432 e. The van der Waals surface area contributed by atoms with Crippen LogP contribution in [-0.2, 0) is 6.42 Å². The number of rotatable bonds is 3. The van der Waals surface area contributed by atoms with Gasteiger partial charge in [-0.3, -0.25) is 4.98 Å². The van der Waals surface area contributed by atoms with Crippen LogP contribution < -0.4 is 10.1 Å². The molecule has 0 aliphatic heterocycles. The number of nitrogens with zero attached hydrogens (tertiary/aromatic N) is 1. The minimum atomic E-state index is -2.85. The number of alkyl halides is 2. The van der Waals surface area contributed by atoms with E-state index < -0.39 is 6.61 Å². The first-order chi connectivity index (χ1) is 11.3. The minimum absolute atomic E-state index is 0.127. The summed E-state index contributed by atoms with van der Waals surface area (Å²) in [5.41, 5.74) is 2.94. The second kappa shape index (κ2) is 6.28. The SMILES string of the molecule is CNC1CC(C(C)(C)C)Cc2c1cc(OC(F)F)c1ncccc21. The maximum atomic E-state index is 12.8. The zero-order valence-corrected chi connectivity index (χ0v) is 14.6. The molecule has 2 aromatic rings. The van der Waals surface area contributed by atoms with Gasteiger partial charge < -0.3 is 10.1 Å². The first kappa shape index (κ1) is 17.1. The molecule has 0 saturated carbocycles. The zero-order chi connectivity index (χ0) is 17.5. The maximum Gasteiger partial charge on any atom is 0.387 e. The van der Waals surface area contributed by atoms with E-state index in [4.69, 9.17) is 4.74 Å². The van der Waals surface area contributed by atoms with Gasteiger partial charge in [-0.05, 0) is 54.5 Å². The van der Waals surface area contributed by atoms with Gasteiger partial charge in [0, 0.05) is 17.6 Å². The molecule has 130 valence electrons. The number of aromatic nitrogens is 1. The van der Waals surface area contributed by atoms with Crippen molar-refractivity contribution in [1.29, 1.82) is 0 Å². The summed E-state index contributed by atoms with van der Waals surface area (Å²) in [4.78, 5) is 4.30. The summed E-state index contributed by atoms with van der Waals surface area (Å²) in [7, 11) is 1.92. The van der Waals surface area contributed by atoms with Gasteiger partial charge in [-0.1, -0.05) is 26.8 Å². The van der Waals surface area contributed by atoms with Crippen LogP contribution in [0, 0.1) is 11.3 Å². The molecule has 1 aliphatic carbocycles. The van der Waals surface area contributed by atoms with E-state index in [9.17, 15) is 8.78 Å². The molecule has 1 aromatic carbocycles. The Balaban J connectivity index is 2.20. The standard InChI is InChI=1S/C19H24F2N2O/c1-19(2,3)11-8-13-12-6-5-7-23-17(12)16(24-18(20)21)10-14(13)15(9-11)22-4/h5-7,10-11,15,18,22H,8-9H2,1-4H3. The van der Waals surface area contributed by atoms with Crippen molar-refractivity contribution >= 4 is 10.9 Å². The molecule has 1 N–H and O–H groups in total. The predicted octanol–water partition coefficient (Wildman–Crippen LogP) is 4.71. The number of halogens is 2. The Morgan fingerprint density at radius 1 is 1.33 bits per heavy atom. The number of benzene rings is 1. The molecule has 0 radical (unpaired) electrons. The second-order valence-electron chi connectivity index (χ2n) is 7.56. The Labute approximate surface area is 141 Å². The van der Waals surface area contributed by atoms with Gasteiger partial charge in [-0.2, -0.15) is 8.78 Å². The normalized spacial score (nSPS) is 21.1. The van der Waals surface area contributed by atoms with Crippen molar-refractivity contribution in [3.63, 3.8) is 0 Å². The molecule has 1 aromatic heterocycles. The molecule has 0 spiro atoms. The highest BCUT2D eigenvalue weighted by molar-refractivity contribution is 5.89. The van der Waals surface area contributed by atoms with Crippen LogP contribution in [0.3, 0.4) is 0 Å². The zero-order valence-electron chi connectivity index (χ0n) is 14.6. The van der Waals surface area contributed by atoms with Crippen LogP contribution in [0.25, 0.3) is 10.9 Å². The van der Waals surface area contributed by atoms with Crippen molar-refractivity contribution in [2.45, 2.75) is 46.3 Å². The molecule has 24 heavy (non-hydrogen) atoms. The Kier molecular flexibility index (Phi) is 4.47. The summed E-state index contributed by atoms with van der Waals surface area (Å²) in [5.74, 6) is 0.668. The highest BCUT2D eigenvalue weighted by Crippen LogP contribution is 2.45. The van der Waals surface area contributed by atoms with Crippen molar-refractivity contribution in [3.05, 3.63) is 35.5 Å². The Morgan fingerprint density at radius 3 is 2.71 bits per heavy atom. The lowest BCUT2D eigenvalue weighted by Gasteiger charge is -2.39. The Hall–Kier alpha value is -1.75. The smallest absolute Gasteiger partial charge is 0.387 e. The van der Waals surface area contributed by atoms with Crippen molar-refractivity contribution in [2.75, 3.05) is 7.05 Å². The van der Waals surface area contributed by atoms with Gasteiger partial charge in [-0.15, -0.1) is 0 Å². The average Bonchev–Trinajstić information content (AvgIpc) is 2.52. The van der Waals surface area contributed by atoms with Gasteiger partial charge in [0.15, 0.2) is 5.75 Å². The topological polar surface area (TPSA) is 34.1 Å². The fourth-order valence-corrected chi connectivity index (χ4v) is 3.70. The molecule has 5 heteroatoms. The molecule has 1 heterocycles. The van der Waals surface area contributed by atoms with Crippen LogP contribution in [0.2, 0.25) is 0 Å². The number of hydrogen-bond donors (Lipinski definition) is 1. The van der Waals surface area contributed by atoms with E-state index in [1.165, 1.54) is 5.56 Å². The highest BCUT2D eigenvalue weighted by atomic mass is 19.3. The predicted molar refractivity (Wildman–Crippen MR) is 91.4 cm³/mol. The summed E-state index contributed by atoms with van der Waals surface area (Å²) in [6.07, 6.45) is 3.52. The number of fused-ring (bicyclic) bond motifs is 3.